The molecule has 1 aliphatic carbocycles. The van der Waals surface area contributed by atoms with Crippen LogP contribution in [0.3, 0.4) is 0 Å². The zero-order chi connectivity index (χ0) is 20.3. The van der Waals surface area contributed by atoms with Gasteiger partial charge >= 0.3 is 6.09 Å². The van der Waals surface area contributed by atoms with Crippen molar-refractivity contribution < 1.29 is 14.3 Å². The third-order valence-electron chi connectivity index (χ3n) is 7.27. The van der Waals surface area contributed by atoms with E-state index in [-0.39, 0.29) is 12.1 Å². The highest BCUT2D eigenvalue weighted by atomic mass is 16.6. The van der Waals surface area contributed by atoms with E-state index in [0.717, 1.165) is 43.9 Å². The molecule has 6 heteroatoms. The van der Waals surface area contributed by atoms with Crippen molar-refractivity contribution in [2.45, 2.75) is 69.6 Å². The molecule has 30 heavy (non-hydrogen) atoms. The molecule has 3 heterocycles. The number of ether oxygens (including phenoxy) is 2. The van der Waals surface area contributed by atoms with E-state index < -0.39 is 0 Å². The van der Waals surface area contributed by atoms with Gasteiger partial charge in [0, 0.05) is 31.1 Å². The average Bonchev–Trinajstić information content (AvgIpc) is 3.12. The first-order valence-corrected chi connectivity index (χ1v) is 12.0. The predicted octanol–water partition coefficient (Wildman–Crippen LogP) is 3.89. The van der Waals surface area contributed by atoms with Crippen LogP contribution in [0.4, 0.5) is 10.5 Å². The summed E-state index contributed by atoms with van der Waals surface area (Å²) in [4.78, 5) is 19.3. The molecular weight excluding hydrogens is 378 g/mol. The third-order valence-corrected chi connectivity index (χ3v) is 7.27. The Morgan fingerprint density at radius 3 is 2.27 bits per heavy atom. The topological polar surface area (TPSA) is 45.3 Å². The summed E-state index contributed by atoms with van der Waals surface area (Å²) in [5, 5.41) is 0. The number of benzene rings is 1. The molecule has 6 nitrogen and oxygen atoms in total. The van der Waals surface area contributed by atoms with Gasteiger partial charge in [0.2, 0.25) is 0 Å². The minimum absolute atomic E-state index is 0.0966. The SMILES string of the molecule is O=C1OC[C@@H](CN2CCCCC2)N1c1ccc(O[C@H]2C[C@H](N3CCCCC3)C2)cc1. The molecule has 0 bridgehead atoms. The van der Waals surface area contributed by atoms with E-state index in [4.69, 9.17) is 9.47 Å². The van der Waals surface area contributed by atoms with Gasteiger partial charge in [-0.3, -0.25) is 4.90 Å². The van der Waals surface area contributed by atoms with Gasteiger partial charge in [0.05, 0.1) is 6.04 Å². The highest BCUT2D eigenvalue weighted by molar-refractivity contribution is 5.90. The Bertz CT molecular complexity index is 707. The molecule has 3 saturated heterocycles. The molecule has 0 N–H and O–H groups in total. The second-order valence-electron chi connectivity index (χ2n) is 9.42. The minimum atomic E-state index is -0.228. The number of rotatable bonds is 6. The van der Waals surface area contributed by atoms with Gasteiger partial charge in [-0.1, -0.05) is 12.8 Å². The molecule has 164 valence electrons. The van der Waals surface area contributed by atoms with Gasteiger partial charge in [-0.2, -0.15) is 0 Å². The number of carbonyl (C=O) groups excluding carboxylic acids is 1. The number of cyclic esters (lactones) is 1. The molecule has 1 atom stereocenters. The smallest absolute Gasteiger partial charge is 0.414 e. The van der Waals surface area contributed by atoms with E-state index in [9.17, 15) is 4.79 Å². The maximum atomic E-state index is 12.4. The summed E-state index contributed by atoms with van der Waals surface area (Å²) in [7, 11) is 0. The van der Waals surface area contributed by atoms with E-state index >= 15 is 0 Å². The highest BCUT2D eigenvalue weighted by Crippen LogP contribution is 2.33. The van der Waals surface area contributed by atoms with Crippen LogP contribution in [0.25, 0.3) is 0 Å². The molecule has 0 unspecified atom stereocenters. The molecule has 0 radical (unpaired) electrons. The Hall–Kier alpha value is -1.79. The average molecular weight is 414 g/mol. The number of hydrogen-bond donors (Lipinski definition) is 0. The zero-order valence-corrected chi connectivity index (χ0v) is 18.0. The Morgan fingerprint density at radius 1 is 0.900 bits per heavy atom. The van der Waals surface area contributed by atoms with Crippen molar-refractivity contribution in [3.63, 3.8) is 0 Å². The van der Waals surface area contributed by atoms with Crippen LogP contribution in [-0.4, -0.2) is 73.4 Å². The van der Waals surface area contributed by atoms with Crippen molar-refractivity contribution in [3.8, 4) is 5.75 Å². The van der Waals surface area contributed by atoms with Crippen LogP contribution in [0.15, 0.2) is 24.3 Å². The van der Waals surface area contributed by atoms with Crippen LogP contribution in [0.1, 0.15) is 51.4 Å². The summed E-state index contributed by atoms with van der Waals surface area (Å²) in [5.41, 5.74) is 0.909. The first kappa shape index (κ1) is 20.1. The van der Waals surface area contributed by atoms with Crippen LogP contribution in [-0.2, 0) is 4.74 Å². The molecule has 1 aromatic rings. The lowest BCUT2D eigenvalue weighted by atomic mass is 9.86. The van der Waals surface area contributed by atoms with Crippen LogP contribution >= 0.6 is 0 Å². The summed E-state index contributed by atoms with van der Waals surface area (Å²) < 4.78 is 11.6. The van der Waals surface area contributed by atoms with Gasteiger partial charge in [-0.25, -0.2) is 4.79 Å². The lowest BCUT2D eigenvalue weighted by Gasteiger charge is -2.44. The van der Waals surface area contributed by atoms with E-state index in [1.807, 2.05) is 29.2 Å². The second kappa shape index (κ2) is 9.15. The second-order valence-corrected chi connectivity index (χ2v) is 9.42. The summed E-state index contributed by atoms with van der Waals surface area (Å²) in [6.45, 7) is 6.15. The molecule has 1 aromatic carbocycles. The van der Waals surface area contributed by atoms with Crippen molar-refractivity contribution in [2.75, 3.05) is 44.2 Å². The largest absolute Gasteiger partial charge is 0.490 e. The number of anilines is 1. The molecule has 0 aromatic heterocycles. The Balaban J connectivity index is 1.15. The highest BCUT2D eigenvalue weighted by Gasteiger charge is 2.37. The fraction of sp³-hybridized carbons (Fsp3) is 0.708. The maximum absolute atomic E-state index is 12.4. The predicted molar refractivity (Wildman–Crippen MR) is 117 cm³/mol. The Morgan fingerprint density at radius 2 is 1.57 bits per heavy atom. The molecule has 4 fully saturated rings. The number of likely N-dealkylation sites (tertiary alicyclic amines) is 2. The fourth-order valence-corrected chi connectivity index (χ4v) is 5.44. The van der Waals surface area contributed by atoms with Crippen molar-refractivity contribution in [1.29, 1.82) is 0 Å². The number of hydrogen-bond acceptors (Lipinski definition) is 5. The van der Waals surface area contributed by atoms with Crippen LogP contribution in [0.2, 0.25) is 0 Å². The molecular formula is C24H35N3O3. The number of nitrogens with zero attached hydrogens (tertiary/aromatic N) is 3. The van der Waals surface area contributed by atoms with E-state index in [0.29, 0.717) is 18.8 Å². The monoisotopic (exact) mass is 413 g/mol. The summed E-state index contributed by atoms with van der Waals surface area (Å²) >= 11 is 0. The lowest BCUT2D eigenvalue weighted by Crippen LogP contribution is -2.50. The van der Waals surface area contributed by atoms with Crippen LogP contribution in [0.5, 0.6) is 5.75 Å². The molecule has 1 amide bonds. The van der Waals surface area contributed by atoms with Gasteiger partial charge in [0.25, 0.3) is 0 Å². The van der Waals surface area contributed by atoms with Crippen LogP contribution in [0, 0.1) is 0 Å². The molecule has 3 aliphatic heterocycles. The minimum Gasteiger partial charge on any atom is -0.490 e. The standard InChI is InChI=1S/C24H35N3O3/c28-24-27(21(18-29-24)17-25-11-3-1-4-12-25)19-7-9-22(10-8-19)30-23-15-20(16-23)26-13-5-2-6-14-26/h7-10,20-21,23H,1-6,11-18H2/t20-,21-,23-/m1/s1. The van der Waals surface area contributed by atoms with Gasteiger partial charge in [0.1, 0.15) is 18.5 Å². The van der Waals surface area contributed by atoms with Crippen LogP contribution < -0.4 is 9.64 Å². The van der Waals surface area contributed by atoms with Crippen molar-refractivity contribution in [1.82, 2.24) is 9.80 Å². The van der Waals surface area contributed by atoms with Crippen molar-refractivity contribution >= 4 is 11.8 Å². The quantitative estimate of drug-likeness (QED) is 0.708. The van der Waals surface area contributed by atoms with Gasteiger partial charge in [-0.15, -0.1) is 0 Å². The van der Waals surface area contributed by atoms with Gasteiger partial charge in [0.15, 0.2) is 0 Å². The normalized spacial score (nSPS) is 30.7. The first-order chi connectivity index (χ1) is 14.8. The Kier molecular flexibility index (Phi) is 6.14. The van der Waals surface area contributed by atoms with Gasteiger partial charge < -0.3 is 19.3 Å². The molecule has 1 saturated carbocycles. The van der Waals surface area contributed by atoms with Crippen molar-refractivity contribution in [2.24, 2.45) is 0 Å². The van der Waals surface area contributed by atoms with Gasteiger partial charge in [-0.05, 0) is 76.1 Å². The number of piperidine rings is 2. The number of amides is 1. The fourth-order valence-electron chi connectivity index (χ4n) is 5.44. The molecule has 0 spiro atoms. The molecule has 4 aliphatic rings. The summed E-state index contributed by atoms with van der Waals surface area (Å²) in [6.07, 6.45) is 10.3. The zero-order valence-electron chi connectivity index (χ0n) is 18.0. The third kappa shape index (κ3) is 4.45. The van der Waals surface area contributed by atoms with E-state index in [2.05, 4.69) is 9.80 Å². The summed E-state index contributed by atoms with van der Waals surface area (Å²) in [6, 6.07) is 8.83. The van der Waals surface area contributed by atoms with E-state index in [1.54, 1.807) is 0 Å². The molecule has 5 rings (SSSR count). The first-order valence-electron chi connectivity index (χ1n) is 12.0. The van der Waals surface area contributed by atoms with Crippen molar-refractivity contribution in [3.05, 3.63) is 24.3 Å². The van der Waals surface area contributed by atoms with E-state index in [1.165, 1.54) is 51.6 Å². The Labute approximate surface area is 180 Å². The lowest BCUT2D eigenvalue weighted by molar-refractivity contribution is 0.00892. The number of carbonyl (C=O) groups is 1. The maximum Gasteiger partial charge on any atom is 0.414 e. The summed E-state index contributed by atoms with van der Waals surface area (Å²) in [5.74, 6) is 0.904.